The van der Waals surface area contributed by atoms with Gasteiger partial charge in [-0.2, -0.15) is 0 Å². The first-order valence-corrected chi connectivity index (χ1v) is 6.08. The fraction of sp³-hybridized carbons (Fsp3) is 0.769. The van der Waals surface area contributed by atoms with Crippen molar-refractivity contribution in [3.05, 3.63) is 11.1 Å². The summed E-state index contributed by atoms with van der Waals surface area (Å²) in [6, 6.07) is 0. The summed E-state index contributed by atoms with van der Waals surface area (Å²) in [5.74, 6) is 1.13. The number of hydrogen-bond acceptors (Lipinski definition) is 1. The summed E-state index contributed by atoms with van der Waals surface area (Å²) in [5.41, 5.74) is 2.78. The van der Waals surface area contributed by atoms with E-state index < -0.39 is 0 Å². The first-order chi connectivity index (χ1) is 6.83. The molecule has 1 fully saturated rings. The van der Waals surface area contributed by atoms with Gasteiger partial charge in [0.05, 0.1) is 0 Å². The maximum atomic E-state index is 11.8. The molecule has 0 aromatic heterocycles. The Morgan fingerprint density at radius 3 is 3.00 bits per heavy atom. The molecule has 0 radical (unpaired) electrons. The van der Waals surface area contributed by atoms with Crippen molar-refractivity contribution in [2.24, 2.45) is 5.92 Å². The molecule has 2 aliphatic carbocycles. The number of rotatable bonds is 3. The van der Waals surface area contributed by atoms with Gasteiger partial charge in [0.1, 0.15) is 0 Å². The van der Waals surface area contributed by atoms with Crippen LogP contribution < -0.4 is 0 Å². The fourth-order valence-electron chi connectivity index (χ4n) is 2.89. The monoisotopic (exact) mass is 192 g/mol. The molecule has 1 heteroatoms. The third kappa shape index (κ3) is 1.77. The second-order valence-electron chi connectivity index (χ2n) is 4.68. The highest BCUT2D eigenvalue weighted by molar-refractivity contribution is 5.99. The van der Waals surface area contributed by atoms with Crippen LogP contribution in [-0.2, 0) is 4.79 Å². The van der Waals surface area contributed by atoms with E-state index in [4.69, 9.17) is 0 Å². The van der Waals surface area contributed by atoms with Crippen LogP contribution in [0.25, 0.3) is 0 Å². The number of carbonyl (C=O) groups excluding carboxylic acids is 1. The minimum atomic E-state index is 0.473. The van der Waals surface area contributed by atoms with Crippen molar-refractivity contribution in [3.8, 4) is 0 Å². The van der Waals surface area contributed by atoms with Crippen molar-refractivity contribution in [1.82, 2.24) is 0 Å². The molecule has 14 heavy (non-hydrogen) atoms. The number of ketones is 1. The van der Waals surface area contributed by atoms with Crippen molar-refractivity contribution >= 4 is 5.78 Å². The van der Waals surface area contributed by atoms with Crippen LogP contribution in [0, 0.1) is 5.92 Å². The van der Waals surface area contributed by atoms with E-state index in [2.05, 4.69) is 6.92 Å². The second kappa shape index (κ2) is 4.29. The summed E-state index contributed by atoms with van der Waals surface area (Å²) in [4.78, 5) is 11.8. The molecule has 1 saturated carbocycles. The summed E-state index contributed by atoms with van der Waals surface area (Å²) < 4.78 is 0. The van der Waals surface area contributed by atoms with Gasteiger partial charge in [-0.15, -0.1) is 0 Å². The summed E-state index contributed by atoms with van der Waals surface area (Å²) in [6.45, 7) is 2.20. The van der Waals surface area contributed by atoms with E-state index in [9.17, 15) is 4.79 Å². The lowest BCUT2D eigenvalue weighted by Crippen LogP contribution is -2.06. The average Bonchev–Trinajstić information content (AvgIpc) is 2.51. The Bertz CT molecular complexity index is 262. The second-order valence-corrected chi connectivity index (χ2v) is 4.68. The molecule has 0 bridgehead atoms. The molecular weight excluding hydrogens is 172 g/mol. The smallest absolute Gasteiger partial charge is 0.159 e. The Labute approximate surface area is 86.6 Å². The van der Waals surface area contributed by atoms with Gasteiger partial charge in [-0.3, -0.25) is 4.79 Å². The van der Waals surface area contributed by atoms with E-state index in [1.54, 1.807) is 5.57 Å². The molecule has 78 valence electrons. The minimum Gasteiger partial charge on any atom is -0.295 e. The van der Waals surface area contributed by atoms with E-state index in [1.165, 1.54) is 44.1 Å². The largest absolute Gasteiger partial charge is 0.295 e. The molecule has 2 rings (SSSR count). The normalized spacial score (nSPS) is 26.9. The van der Waals surface area contributed by atoms with Gasteiger partial charge in [-0.05, 0) is 43.6 Å². The quantitative estimate of drug-likeness (QED) is 0.667. The minimum absolute atomic E-state index is 0.473. The summed E-state index contributed by atoms with van der Waals surface area (Å²) in [7, 11) is 0. The Hall–Kier alpha value is -0.590. The number of allylic oxidation sites excluding steroid dienone is 2. The molecule has 0 aromatic carbocycles. The van der Waals surface area contributed by atoms with E-state index in [0.29, 0.717) is 11.7 Å². The molecule has 0 aliphatic heterocycles. The van der Waals surface area contributed by atoms with Gasteiger partial charge in [-0.25, -0.2) is 0 Å². The van der Waals surface area contributed by atoms with Crippen LogP contribution in [0.15, 0.2) is 11.1 Å². The number of fused-ring (bicyclic) bond motifs is 1. The summed E-state index contributed by atoms with van der Waals surface area (Å²) in [6.07, 6.45) is 9.44. The lowest BCUT2D eigenvalue weighted by molar-refractivity contribution is -0.115. The Morgan fingerprint density at radius 2 is 2.21 bits per heavy atom. The molecule has 0 saturated heterocycles. The molecule has 0 heterocycles. The van der Waals surface area contributed by atoms with Gasteiger partial charge in [0, 0.05) is 6.42 Å². The molecule has 1 nitrogen and oxygen atoms in total. The van der Waals surface area contributed by atoms with Crippen LogP contribution in [0.2, 0.25) is 0 Å². The predicted molar refractivity (Wildman–Crippen MR) is 58.1 cm³/mol. The van der Waals surface area contributed by atoms with Gasteiger partial charge in [0.2, 0.25) is 0 Å². The number of hydrogen-bond donors (Lipinski definition) is 0. The zero-order valence-corrected chi connectivity index (χ0v) is 9.14. The first-order valence-electron chi connectivity index (χ1n) is 6.08. The van der Waals surface area contributed by atoms with Crippen LogP contribution in [0.5, 0.6) is 0 Å². The molecule has 0 N–H and O–H groups in total. The highest BCUT2D eigenvalue weighted by Crippen LogP contribution is 2.41. The van der Waals surface area contributed by atoms with Crippen molar-refractivity contribution in [1.29, 1.82) is 0 Å². The van der Waals surface area contributed by atoms with Gasteiger partial charge in [-0.1, -0.05) is 25.3 Å². The number of carbonyl (C=O) groups is 1. The third-order valence-electron chi connectivity index (χ3n) is 3.68. The topological polar surface area (TPSA) is 17.1 Å². The van der Waals surface area contributed by atoms with E-state index in [0.717, 1.165) is 12.8 Å². The van der Waals surface area contributed by atoms with Gasteiger partial charge in [0.25, 0.3) is 0 Å². The fourth-order valence-corrected chi connectivity index (χ4v) is 2.89. The van der Waals surface area contributed by atoms with Crippen molar-refractivity contribution in [3.63, 3.8) is 0 Å². The van der Waals surface area contributed by atoms with Crippen LogP contribution >= 0.6 is 0 Å². The first kappa shape index (κ1) is 9.95. The lowest BCUT2D eigenvalue weighted by atomic mass is 9.85. The molecule has 2 aliphatic rings. The predicted octanol–water partition coefficient (Wildman–Crippen LogP) is 3.64. The van der Waals surface area contributed by atoms with Crippen molar-refractivity contribution in [2.45, 2.75) is 58.3 Å². The highest BCUT2D eigenvalue weighted by atomic mass is 16.1. The van der Waals surface area contributed by atoms with Gasteiger partial charge >= 0.3 is 0 Å². The van der Waals surface area contributed by atoms with Crippen LogP contribution in [0.1, 0.15) is 58.3 Å². The highest BCUT2D eigenvalue weighted by Gasteiger charge is 2.32. The molecular formula is C13H20O. The van der Waals surface area contributed by atoms with E-state index >= 15 is 0 Å². The Balaban J connectivity index is 2.12. The van der Waals surface area contributed by atoms with Crippen LogP contribution in [-0.4, -0.2) is 5.78 Å². The van der Waals surface area contributed by atoms with E-state index in [-0.39, 0.29) is 0 Å². The zero-order valence-electron chi connectivity index (χ0n) is 9.14. The molecule has 1 atom stereocenters. The molecule has 0 amide bonds. The Kier molecular flexibility index (Phi) is 3.05. The number of Topliss-reactive ketones (excluding diaryl/α,β-unsaturated/α-hetero) is 1. The van der Waals surface area contributed by atoms with Gasteiger partial charge in [0.15, 0.2) is 5.78 Å². The SMILES string of the molecule is CCCCC1=C2CCCCC2CC1=O. The Morgan fingerprint density at radius 1 is 1.36 bits per heavy atom. The maximum Gasteiger partial charge on any atom is 0.159 e. The molecule has 0 spiro atoms. The molecule has 0 aromatic rings. The van der Waals surface area contributed by atoms with Crippen molar-refractivity contribution < 1.29 is 4.79 Å². The molecule has 1 unspecified atom stereocenters. The van der Waals surface area contributed by atoms with Crippen molar-refractivity contribution in [2.75, 3.05) is 0 Å². The standard InChI is InChI=1S/C13H20O/c1-2-3-7-12-11-8-5-4-6-10(11)9-13(12)14/h10H,2-9H2,1H3. The third-order valence-corrected chi connectivity index (χ3v) is 3.68. The summed E-state index contributed by atoms with van der Waals surface area (Å²) >= 11 is 0. The van der Waals surface area contributed by atoms with E-state index in [1.807, 2.05) is 0 Å². The zero-order chi connectivity index (χ0) is 9.97. The maximum absolute atomic E-state index is 11.8. The average molecular weight is 192 g/mol. The van der Waals surface area contributed by atoms with Crippen LogP contribution in [0.4, 0.5) is 0 Å². The lowest BCUT2D eigenvalue weighted by Gasteiger charge is -2.20. The summed E-state index contributed by atoms with van der Waals surface area (Å²) in [5, 5.41) is 0. The van der Waals surface area contributed by atoms with Gasteiger partial charge < -0.3 is 0 Å². The number of unbranched alkanes of at least 4 members (excludes halogenated alkanes) is 1. The van der Waals surface area contributed by atoms with Crippen LogP contribution in [0.3, 0.4) is 0 Å².